The quantitative estimate of drug-likeness (QED) is 0.713. The van der Waals surface area contributed by atoms with E-state index >= 15 is 0 Å². The predicted molar refractivity (Wildman–Crippen MR) is 66.6 cm³/mol. The van der Waals surface area contributed by atoms with Crippen molar-refractivity contribution in [3.05, 3.63) is 30.2 Å². The van der Waals surface area contributed by atoms with Gasteiger partial charge in [0.15, 0.2) is 0 Å². The molecule has 16 heavy (non-hydrogen) atoms. The molecule has 0 bridgehead atoms. The number of aromatic nitrogens is 2. The Morgan fingerprint density at radius 2 is 2.06 bits per heavy atom. The van der Waals surface area contributed by atoms with Crippen molar-refractivity contribution in [1.29, 1.82) is 0 Å². The Morgan fingerprint density at radius 1 is 1.38 bits per heavy atom. The summed E-state index contributed by atoms with van der Waals surface area (Å²) in [6.45, 7) is 10.0. The second-order valence-electron chi connectivity index (χ2n) is 4.48. The van der Waals surface area contributed by atoms with E-state index in [0.29, 0.717) is 5.92 Å². The topological polar surface area (TPSA) is 29.0 Å². The fourth-order valence-corrected chi connectivity index (χ4v) is 2.17. The van der Waals surface area contributed by atoms with E-state index in [1.807, 2.05) is 20.0 Å². The fraction of sp³-hybridized carbons (Fsp3) is 0.538. The molecule has 0 saturated carbocycles. The largest absolute Gasteiger partial charge is 0.355 e. The maximum Gasteiger partial charge on any atom is 0.150 e. The van der Waals surface area contributed by atoms with Crippen molar-refractivity contribution in [3.8, 4) is 0 Å². The van der Waals surface area contributed by atoms with E-state index in [1.165, 1.54) is 12.8 Å². The van der Waals surface area contributed by atoms with E-state index in [-0.39, 0.29) is 0 Å². The van der Waals surface area contributed by atoms with Gasteiger partial charge in [-0.25, -0.2) is 4.98 Å². The molecule has 86 valence electrons. The van der Waals surface area contributed by atoms with E-state index in [4.69, 9.17) is 0 Å². The molecule has 1 aromatic heterocycles. The average molecular weight is 217 g/mol. The number of nitrogens with zero attached hydrogens (tertiary/aromatic N) is 3. The number of allylic oxidation sites excluding steroid dienone is 1. The van der Waals surface area contributed by atoms with Crippen LogP contribution in [0.5, 0.6) is 0 Å². The van der Waals surface area contributed by atoms with Crippen molar-refractivity contribution in [2.24, 2.45) is 5.92 Å². The minimum absolute atomic E-state index is 0.675. The molecule has 0 spiro atoms. The van der Waals surface area contributed by atoms with Crippen LogP contribution in [-0.2, 0) is 0 Å². The van der Waals surface area contributed by atoms with Gasteiger partial charge in [-0.3, -0.25) is 4.98 Å². The molecule has 1 saturated heterocycles. The second-order valence-corrected chi connectivity index (χ2v) is 4.48. The van der Waals surface area contributed by atoms with Crippen molar-refractivity contribution in [3.63, 3.8) is 0 Å². The van der Waals surface area contributed by atoms with Crippen LogP contribution in [0.4, 0.5) is 5.82 Å². The van der Waals surface area contributed by atoms with Gasteiger partial charge in [0.25, 0.3) is 0 Å². The Morgan fingerprint density at radius 3 is 2.69 bits per heavy atom. The predicted octanol–water partition coefficient (Wildman–Crippen LogP) is 2.50. The fourth-order valence-electron chi connectivity index (χ4n) is 2.17. The molecule has 1 aromatic rings. The molecule has 3 nitrogen and oxygen atoms in total. The van der Waals surface area contributed by atoms with Gasteiger partial charge in [0.05, 0.1) is 11.4 Å². The Bertz CT molecular complexity index is 379. The van der Waals surface area contributed by atoms with Crippen LogP contribution in [0.3, 0.4) is 0 Å². The number of hydrogen-bond acceptors (Lipinski definition) is 3. The lowest BCUT2D eigenvalue weighted by Crippen LogP contribution is -2.34. The van der Waals surface area contributed by atoms with Gasteiger partial charge in [0, 0.05) is 19.3 Å². The maximum atomic E-state index is 4.58. The zero-order valence-electron chi connectivity index (χ0n) is 10.1. The minimum Gasteiger partial charge on any atom is -0.355 e. The molecule has 0 radical (unpaired) electrons. The molecule has 0 N–H and O–H groups in total. The lowest BCUT2D eigenvalue weighted by molar-refractivity contribution is 0.476. The van der Waals surface area contributed by atoms with E-state index in [9.17, 15) is 0 Å². The summed E-state index contributed by atoms with van der Waals surface area (Å²) in [4.78, 5) is 11.3. The van der Waals surface area contributed by atoms with Gasteiger partial charge in [-0.05, 0) is 32.6 Å². The van der Waals surface area contributed by atoms with Crippen LogP contribution in [0.1, 0.15) is 24.2 Å². The molecule has 2 heterocycles. The molecule has 1 aliphatic heterocycles. The van der Waals surface area contributed by atoms with Crippen LogP contribution in [0, 0.1) is 19.8 Å². The molecule has 0 aromatic carbocycles. The lowest BCUT2D eigenvalue weighted by atomic mass is 9.97. The minimum atomic E-state index is 0.675. The van der Waals surface area contributed by atoms with Crippen LogP contribution in [-0.4, -0.2) is 23.1 Å². The van der Waals surface area contributed by atoms with E-state index in [1.54, 1.807) is 0 Å². The number of piperidine rings is 1. The van der Waals surface area contributed by atoms with Gasteiger partial charge in [-0.15, -0.1) is 6.58 Å². The molecule has 2 rings (SSSR count). The molecule has 0 atom stereocenters. The first-order valence-electron chi connectivity index (χ1n) is 5.88. The average Bonchev–Trinajstić information content (AvgIpc) is 2.32. The first kappa shape index (κ1) is 11.1. The summed E-state index contributed by atoms with van der Waals surface area (Å²) in [5, 5.41) is 0. The van der Waals surface area contributed by atoms with Crippen LogP contribution < -0.4 is 4.90 Å². The van der Waals surface area contributed by atoms with Gasteiger partial charge < -0.3 is 4.90 Å². The van der Waals surface area contributed by atoms with Gasteiger partial charge in [-0.1, -0.05) is 6.08 Å². The smallest absolute Gasteiger partial charge is 0.150 e. The third-order valence-corrected chi connectivity index (χ3v) is 3.22. The summed E-state index contributed by atoms with van der Waals surface area (Å²) in [6, 6.07) is 0. The maximum absolute atomic E-state index is 4.58. The molecule has 1 fully saturated rings. The second kappa shape index (κ2) is 4.64. The van der Waals surface area contributed by atoms with E-state index in [0.717, 1.165) is 30.3 Å². The Balaban J connectivity index is 2.13. The molecule has 0 amide bonds. The number of anilines is 1. The molecule has 0 unspecified atom stereocenters. The Hall–Kier alpha value is -1.38. The summed E-state index contributed by atoms with van der Waals surface area (Å²) >= 11 is 0. The van der Waals surface area contributed by atoms with Crippen LogP contribution in [0.15, 0.2) is 18.9 Å². The van der Waals surface area contributed by atoms with Crippen molar-refractivity contribution in [2.75, 3.05) is 18.0 Å². The summed E-state index contributed by atoms with van der Waals surface area (Å²) in [6.07, 6.45) is 6.26. The van der Waals surface area contributed by atoms with Crippen molar-refractivity contribution >= 4 is 5.82 Å². The summed E-state index contributed by atoms with van der Waals surface area (Å²) in [5.41, 5.74) is 2.02. The molecule has 0 aliphatic carbocycles. The van der Waals surface area contributed by atoms with Crippen molar-refractivity contribution in [1.82, 2.24) is 9.97 Å². The van der Waals surface area contributed by atoms with Gasteiger partial charge in [0.2, 0.25) is 0 Å². The first-order valence-corrected chi connectivity index (χ1v) is 5.88. The highest BCUT2D eigenvalue weighted by Crippen LogP contribution is 2.23. The molecular weight excluding hydrogens is 198 g/mol. The number of aryl methyl sites for hydroxylation is 2. The molecule has 1 aliphatic rings. The standard InChI is InChI=1S/C13H19N3/c1-4-12-5-7-16(8-6-12)13-11(3)14-9-10(2)15-13/h4,9,12H,1,5-8H2,2-3H3. The molecule has 3 heteroatoms. The summed E-state index contributed by atoms with van der Waals surface area (Å²) < 4.78 is 0. The van der Waals surface area contributed by atoms with Crippen LogP contribution >= 0.6 is 0 Å². The van der Waals surface area contributed by atoms with E-state index < -0.39 is 0 Å². The highest BCUT2D eigenvalue weighted by Gasteiger charge is 2.19. The highest BCUT2D eigenvalue weighted by molar-refractivity contribution is 5.43. The third-order valence-electron chi connectivity index (χ3n) is 3.22. The van der Waals surface area contributed by atoms with E-state index in [2.05, 4.69) is 27.5 Å². The Labute approximate surface area is 97.2 Å². The van der Waals surface area contributed by atoms with Gasteiger partial charge in [0.1, 0.15) is 5.82 Å². The SMILES string of the molecule is C=CC1CCN(c2nc(C)cnc2C)CC1. The summed E-state index contributed by atoms with van der Waals surface area (Å²) in [5.74, 6) is 1.73. The van der Waals surface area contributed by atoms with Gasteiger partial charge >= 0.3 is 0 Å². The first-order chi connectivity index (χ1) is 7.70. The number of hydrogen-bond donors (Lipinski definition) is 0. The van der Waals surface area contributed by atoms with Crippen LogP contribution in [0.2, 0.25) is 0 Å². The monoisotopic (exact) mass is 217 g/mol. The van der Waals surface area contributed by atoms with Crippen LogP contribution in [0.25, 0.3) is 0 Å². The normalized spacial score (nSPS) is 17.5. The number of rotatable bonds is 2. The van der Waals surface area contributed by atoms with Gasteiger partial charge in [-0.2, -0.15) is 0 Å². The third kappa shape index (κ3) is 2.23. The Kier molecular flexibility index (Phi) is 3.22. The van der Waals surface area contributed by atoms with Crippen molar-refractivity contribution < 1.29 is 0 Å². The zero-order chi connectivity index (χ0) is 11.5. The highest BCUT2D eigenvalue weighted by atomic mass is 15.2. The zero-order valence-corrected chi connectivity index (χ0v) is 10.1. The molecular formula is C13H19N3. The van der Waals surface area contributed by atoms with Crippen molar-refractivity contribution in [2.45, 2.75) is 26.7 Å². The lowest BCUT2D eigenvalue weighted by Gasteiger charge is -2.32. The summed E-state index contributed by atoms with van der Waals surface area (Å²) in [7, 11) is 0.